The molecule has 2 aromatic rings. The predicted molar refractivity (Wildman–Crippen MR) is 99.2 cm³/mol. The van der Waals surface area contributed by atoms with E-state index in [1.807, 2.05) is 0 Å². The minimum Gasteiger partial charge on any atom is -0.497 e. The van der Waals surface area contributed by atoms with Crippen molar-refractivity contribution in [2.24, 2.45) is 5.73 Å². The van der Waals surface area contributed by atoms with Gasteiger partial charge >= 0.3 is 0 Å². The predicted octanol–water partition coefficient (Wildman–Crippen LogP) is 0.0845. The van der Waals surface area contributed by atoms with Crippen molar-refractivity contribution in [1.82, 2.24) is 25.3 Å². The molecule has 0 spiro atoms. The van der Waals surface area contributed by atoms with Gasteiger partial charge in [0.15, 0.2) is 5.82 Å². The monoisotopic (exact) mass is 374 g/mol. The largest absolute Gasteiger partial charge is 0.497 e. The van der Waals surface area contributed by atoms with E-state index in [1.165, 1.54) is 0 Å². The third-order valence-electron chi connectivity index (χ3n) is 4.58. The van der Waals surface area contributed by atoms with Crippen LogP contribution in [0.5, 0.6) is 5.75 Å². The summed E-state index contributed by atoms with van der Waals surface area (Å²) in [4.78, 5) is 21.0. The minimum absolute atomic E-state index is 0.0656. The van der Waals surface area contributed by atoms with Crippen molar-refractivity contribution in [3.05, 3.63) is 41.5 Å². The SMILES string of the molecule is COc1ccc(C(=O)NCCN2CCN(Cc3noc(CN)n3)CC2)cc1. The highest BCUT2D eigenvalue weighted by Gasteiger charge is 2.18. The first kappa shape index (κ1) is 19.3. The quantitative estimate of drug-likeness (QED) is 0.669. The number of hydrogen-bond donors (Lipinski definition) is 2. The molecule has 3 N–H and O–H groups in total. The zero-order chi connectivity index (χ0) is 19.1. The van der Waals surface area contributed by atoms with Crippen molar-refractivity contribution in [2.75, 3.05) is 46.4 Å². The van der Waals surface area contributed by atoms with E-state index in [0.29, 0.717) is 30.4 Å². The summed E-state index contributed by atoms with van der Waals surface area (Å²) in [6, 6.07) is 7.10. The van der Waals surface area contributed by atoms with E-state index in [4.69, 9.17) is 15.0 Å². The van der Waals surface area contributed by atoms with Crippen molar-refractivity contribution < 1.29 is 14.1 Å². The second-order valence-electron chi connectivity index (χ2n) is 6.41. The molecule has 9 heteroatoms. The van der Waals surface area contributed by atoms with Crippen molar-refractivity contribution in [1.29, 1.82) is 0 Å². The molecule has 9 nitrogen and oxygen atoms in total. The Hall–Kier alpha value is -2.49. The van der Waals surface area contributed by atoms with Gasteiger partial charge in [-0.25, -0.2) is 0 Å². The van der Waals surface area contributed by atoms with E-state index >= 15 is 0 Å². The number of benzene rings is 1. The number of aromatic nitrogens is 2. The van der Waals surface area contributed by atoms with Crippen LogP contribution in [0.2, 0.25) is 0 Å². The number of methoxy groups -OCH3 is 1. The van der Waals surface area contributed by atoms with Gasteiger partial charge in [0, 0.05) is 44.8 Å². The number of amides is 1. The Kier molecular flexibility index (Phi) is 6.74. The third kappa shape index (κ3) is 5.49. The summed E-state index contributed by atoms with van der Waals surface area (Å²) >= 11 is 0. The maximum Gasteiger partial charge on any atom is 0.251 e. The standard InChI is InChI=1S/C18H26N6O3/c1-26-15-4-2-14(3-5-15)18(25)20-6-7-23-8-10-24(11-9-23)13-16-21-17(12-19)27-22-16/h2-5H,6-13,19H2,1H3,(H,20,25). The first-order valence-electron chi connectivity index (χ1n) is 9.06. The first-order valence-corrected chi connectivity index (χ1v) is 9.06. The number of ether oxygens (including phenoxy) is 1. The molecular formula is C18H26N6O3. The van der Waals surface area contributed by atoms with E-state index in [1.54, 1.807) is 31.4 Å². The van der Waals surface area contributed by atoms with Gasteiger partial charge in [0.25, 0.3) is 5.91 Å². The number of piperazine rings is 1. The second-order valence-corrected chi connectivity index (χ2v) is 6.41. The molecule has 0 saturated carbocycles. The normalized spacial score (nSPS) is 15.6. The van der Waals surface area contributed by atoms with Gasteiger partial charge in [-0.15, -0.1) is 0 Å². The van der Waals surface area contributed by atoms with Gasteiger partial charge in [-0.05, 0) is 24.3 Å². The molecule has 1 saturated heterocycles. The summed E-state index contributed by atoms with van der Waals surface area (Å²) in [6.45, 7) is 6.14. The zero-order valence-electron chi connectivity index (χ0n) is 15.6. The molecule has 0 unspecified atom stereocenters. The van der Waals surface area contributed by atoms with E-state index in [0.717, 1.165) is 38.5 Å². The molecule has 0 atom stereocenters. The molecule has 1 fully saturated rings. The Morgan fingerprint density at radius 3 is 2.56 bits per heavy atom. The fraction of sp³-hybridized carbons (Fsp3) is 0.500. The molecular weight excluding hydrogens is 348 g/mol. The third-order valence-corrected chi connectivity index (χ3v) is 4.58. The molecule has 1 aliphatic heterocycles. The summed E-state index contributed by atoms with van der Waals surface area (Å²) in [5, 5.41) is 6.90. The summed E-state index contributed by atoms with van der Waals surface area (Å²) in [7, 11) is 1.61. The molecule has 0 bridgehead atoms. The van der Waals surface area contributed by atoms with Gasteiger partial charge in [0.2, 0.25) is 5.89 Å². The molecule has 1 aromatic carbocycles. The number of nitrogens with zero attached hydrogens (tertiary/aromatic N) is 4. The highest BCUT2D eigenvalue weighted by atomic mass is 16.5. The number of hydrogen-bond acceptors (Lipinski definition) is 8. The summed E-state index contributed by atoms with van der Waals surface area (Å²) in [6.07, 6.45) is 0. The zero-order valence-corrected chi connectivity index (χ0v) is 15.6. The smallest absolute Gasteiger partial charge is 0.251 e. The van der Waals surface area contributed by atoms with Crippen LogP contribution >= 0.6 is 0 Å². The van der Waals surface area contributed by atoms with Gasteiger partial charge in [0.1, 0.15) is 5.75 Å². The number of carbonyl (C=O) groups excluding carboxylic acids is 1. The van der Waals surface area contributed by atoms with Crippen molar-refractivity contribution in [3.8, 4) is 5.75 Å². The topological polar surface area (TPSA) is 110 Å². The Morgan fingerprint density at radius 1 is 1.22 bits per heavy atom. The molecule has 0 radical (unpaired) electrons. The van der Waals surface area contributed by atoms with Crippen LogP contribution in [-0.2, 0) is 13.1 Å². The van der Waals surface area contributed by atoms with E-state index in [9.17, 15) is 4.79 Å². The second kappa shape index (κ2) is 9.45. The fourth-order valence-corrected chi connectivity index (χ4v) is 2.98. The fourth-order valence-electron chi connectivity index (χ4n) is 2.98. The van der Waals surface area contributed by atoms with E-state index < -0.39 is 0 Å². The highest BCUT2D eigenvalue weighted by Crippen LogP contribution is 2.11. The molecule has 0 aliphatic carbocycles. The lowest BCUT2D eigenvalue weighted by atomic mass is 10.2. The van der Waals surface area contributed by atoms with Crippen LogP contribution in [0, 0.1) is 0 Å². The van der Waals surface area contributed by atoms with Crippen LogP contribution in [0.25, 0.3) is 0 Å². The summed E-state index contributed by atoms with van der Waals surface area (Å²) in [5.41, 5.74) is 6.12. The number of nitrogens with one attached hydrogen (secondary N) is 1. The van der Waals surface area contributed by atoms with Crippen molar-refractivity contribution in [2.45, 2.75) is 13.1 Å². The Balaban J connectivity index is 1.34. The van der Waals surface area contributed by atoms with Crippen LogP contribution in [0.3, 0.4) is 0 Å². The average Bonchev–Trinajstić information content (AvgIpc) is 3.17. The van der Waals surface area contributed by atoms with Crippen LogP contribution in [0.4, 0.5) is 0 Å². The molecule has 1 amide bonds. The van der Waals surface area contributed by atoms with Gasteiger partial charge in [-0.1, -0.05) is 5.16 Å². The molecule has 3 rings (SSSR count). The molecule has 2 heterocycles. The minimum atomic E-state index is -0.0656. The van der Waals surface area contributed by atoms with Crippen LogP contribution in [0.1, 0.15) is 22.1 Å². The Bertz CT molecular complexity index is 725. The van der Waals surface area contributed by atoms with Crippen LogP contribution < -0.4 is 15.8 Å². The van der Waals surface area contributed by atoms with Gasteiger partial charge in [0.05, 0.1) is 20.2 Å². The van der Waals surface area contributed by atoms with Gasteiger partial charge in [-0.3, -0.25) is 14.6 Å². The summed E-state index contributed by atoms with van der Waals surface area (Å²) in [5.74, 6) is 1.82. The number of carbonyl (C=O) groups is 1. The molecule has 146 valence electrons. The molecule has 27 heavy (non-hydrogen) atoms. The van der Waals surface area contributed by atoms with Crippen molar-refractivity contribution >= 4 is 5.91 Å². The lowest BCUT2D eigenvalue weighted by Gasteiger charge is -2.33. The highest BCUT2D eigenvalue weighted by molar-refractivity contribution is 5.94. The lowest BCUT2D eigenvalue weighted by Crippen LogP contribution is -2.48. The van der Waals surface area contributed by atoms with E-state index in [2.05, 4.69) is 25.3 Å². The van der Waals surface area contributed by atoms with Crippen molar-refractivity contribution in [3.63, 3.8) is 0 Å². The number of nitrogens with two attached hydrogens (primary N) is 1. The van der Waals surface area contributed by atoms with Crippen LogP contribution in [0.15, 0.2) is 28.8 Å². The lowest BCUT2D eigenvalue weighted by molar-refractivity contribution is 0.0933. The molecule has 1 aliphatic rings. The maximum atomic E-state index is 12.2. The van der Waals surface area contributed by atoms with Crippen LogP contribution in [-0.4, -0.2) is 72.2 Å². The maximum absolute atomic E-state index is 12.2. The van der Waals surface area contributed by atoms with E-state index in [-0.39, 0.29) is 12.5 Å². The summed E-state index contributed by atoms with van der Waals surface area (Å²) < 4.78 is 10.1. The Labute approximate surface area is 158 Å². The first-order chi connectivity index (χ1) is 13.2. The van der Waals surface area contributed by atoms with Gasteiger partial charge in [-0.2, -0.15) is 4.98 Å². The number of rotatable bonds is 8. The molecule has 1 aromatic heterocycles. The van der Waals surface area contributed by atoms with Gasteiger partial charge < -0.3 is 20.3 Å². The average molecular weight is 374 g/mol. The Morgan fingerprint density at radius 2 is 1.93 bits per heavy atom.